The lowest BCUT2D eigenvalue weighted by atomic mass is 9.89. The quantitative estimate of drug-likeness (QED) is 0.516. The summed E-state index contributed by atoms with van der Waals surface area (Å²) in [6.07, 6.45) is -0.220. The second-order valence-electron chi connectivity index (χ2n) is 3.27. The SMILES string of the molecule is CC(C)(CC(=O)O)C(N)=O.F.O=S(=O)(O)O.S. The highest BCUT2D eigenvalue weighted by molar-refractivity contribution is 7.79. The zero-order chi connectivity index (χ0) is 12.9. The number of carboxylic acid groups (broad SMARTS) is 1. The maximum absolute atomic E-state index is 10.5. The molecule has 0 radical (unpaired) electrons. The van der Waals surface area contributed by atoms with E-state index in [9.17, 15) is 9.59 Å². The molecule has 8 nitrogen and oxygen atoms in total. The van der Waals surface area contributed by atoms with E-state index >= 15 is 0 Å². The minimum Gasteiger partial charge on any atom is -0.481 e. The van der Waals surface area contributed by atoms with E-state index in [1.54, 1.807) is 0 Å². The molecule has 0 bridgehead atoms. The van der Waals surface area contributed by atoms with Crippen LogP contribution in [-0.2, 0) is 20.0 Å². The Morgan fingerprint density at radius 3 is 1.53 bits per heavy atom. The number of amides is 1. The summed E-state index contributed by atoms with van der Waals surface area (Å²) in [5.41, 5.74) is 3.98. The van der Waals surface area contributed by atoms with E-state index < -0.39 is 27.7 Å². The number of rotatable bonds is 3. The van der Waals surface area contributed by atoms with Crippen molar-refractivity contribution in [3.8, 4) is 0 Å². The maximum atomic E-state index is 10.5. The normalized spacial score (nSPS) is 9.88. The minimum atomic E-state index is -4.67. The summed E-state index contributed by atoms with van der Waals surface area (Å²) in [5.74, 6) is -1.60. The number of hydrogen-bond donors (Lipinski definition) is 4. The van der Waals surface area contributed by atoms with Crippen molar-refractivity contribution in [2.24, 2.45) is 11.1 Å². The largest absolute Gasteiger partial charge is 0.481 e. The first-order valence-electron chi connectivity index (χ1n) is 3.58. The van der Waals surface area contributed by atoms with Crippen LogP contribution in [0.2, 0.25) is 0 Å². The molecule has 106 valence electrons. The van der Waals surface area contributed by atoms with Gasteiger partial charge in [0, 0.05) is 0 Å². The smallest absolute Gasteiger partial charge is 0.394 e. The molecule has 17 heavy (non-hydrogen) atoms. The molecule has 0 spiro atoms. The Morgan fingerprint density at radius 2 is 1.47 bits per heavy atom. The van der Waals surface area contributed by atoms with Gasteiger partial charge in [-0.25, -0.2) is 0 Å². The van der Waals surface area contributed by atoms with Gasteiger partial charge in [0.2, 0.25) is 5.91 Å². The fourth-order valence-electron chi connectivity index (χ4n) is 0.465. The van der Waals surface area contributed by atoms with Gasteiger partial charge >= 0.3 is 16.4 Å². The number of carboxylic acids is 1. The Bertz CT molecular complexity index is 332. The predicted octanol–water partition coefficient (Wildman–Crippen LogP) is -0.415. The molecule has 0 saturated heterocycles. The highest BCUT2D eigenvalue weighted by atomic mass is 32.3. The van der Waals surface area contributed by atoms with Crippen molar-refractivity contribution in [3.63, 3.8) is 0 Å². The van der Waals surface area contributed by atoms with E-state index in [1.165, 1.54) is 13.8 Å². The highest BCUT2D eigenvalue weighted by Crippen LogP contribution is 2.18. The fraction of sp³-hybridized carbons (Fsp3) is 0.667. The van der Waals surface area contributed by atoms with Crippen LogP contribution in [0.3, 0.4) is 0 Å². The number of carbonyl (C=O) groups excluding carboxylic acids is 1. The lowest BCUT2D eigenvalue weighted by Gasteiger charge is -2.16. The Balaban J connectivity index is -0.000000105. The molecule has 0 saturated carbocycles. The van der Waals surface area contributed by atoms with Gasteiger partial charge in [0.25, 0.3) is 0 Å². The third-order valence-corrected chi connectivity index (χ3v) is 1.26. The van der Waals surface area contributed by atoms with Crippen LogP contribution >= 0.6 is 13.5 Å². The summed E-state index contributed by atoms with van der Waals surface area (Å²) in [6, 6.07) is 0. The first-order chi connectivity index (χ1) is 6.36. The van der Waals surface area contributed by atoms with Gasteiger partial charge < -0.3 is 10.8 Å². The number of hydrogen-bond acceptors (Lipinski definition) is 4. The molecule has 0 fully saturated rings. The van der Waals surface area contributed by atoms with Crippen molar-refractivity contribution in [2.75, 3.05) is 0 Å². The molecule has 0 unspecified atom stereocenters. The predicted molar refractivity (Wildman–Crippen MR) is 62.3 cm³/mol. The van der Waals surface area contributed by atoms with E-state index in [1.807, 2.05) is 0 Å². The molecule has 0 aromatic heterocycles. The summed E-state index contributed by atoms with van der Waals surface area (Å²) < 4.78 is 31.6. The lowest BCUT2D eigenvalue weighted by molar-refractivity contribution is -0.143. The monoisotopic (exact) mass is 297 g/mol. The third kappa shape index (κ3) is 25.4. The zero-order valence-corrected chi connectivity index (χ0v) is 10.9. The lowest BCUT2D eigenvalue weighted by Crippen LogP contribution is -2.33. The maximum Gasteiger partial charge on any atom is 0.394 e. The molecule has 5 N–H and O–H groups in total. The van der Waals surface area contributed by atoms with Gasteiger partial charge in [0.15, 0.2) is 0 Å². The Kier molecular flexibility index (Phi) is 13.5. The molecular weight excluding hydrogens is 281 g/mol. The number of primary amides is 1. The van der Waals surface area contributed by atoms with Crippen LogP contribution in [0, 0.1) is 5.41 Å². The van der Waals surface area contributed by atoms with E-state index in [2.05, 4.69) is 0 Å². The van der Waals surface area contributed by atoms with Crippen molar-refractivity contribution in [3.05, 3.63) is 0 Å². The molecule has 0 aliphatic heterocycles. The zero-order valence-electron chi connectivity index (χ0n) is 9.08. The van der Waals surface area contributed by atoms with Gasteiger partial charge in [0.05, 0.1) is 11.8 Å². The summed E-state index contributed by atoms with van der Waals surface area (Å²) in [6.45, 7) is 3.01. The molecule has 0 aromatic rings. The summed E-state index contributed by atoms with van der Waals surface area (Å²) in [4.78, 5) is 20.6. The topological polar surface area (TPSA) is 155 Å². The summed E-state index contributed by atoms with van der Waals surface area (Å²) >= 11 is 0. The van der Waals surface area contributed by atoms with Gasteiger partial charge in [0.1, 0.15) is 0 Å². The van der Waals surface area contributed by atoms with Crippen LogP contribution in [-0.4, -0.2) is 34.5 Å². The number of aliphatic carboxylic acids is 1. The second kappa shape index (κ2) is 9.15. The van der Waals surface area contributed by atoms with Crippen LogP contribution in [0.4, 0.5) is 4.70 Å². The van der Waals surface area contributed by atoms with Crippen molar-refractivity contribution >= 4 is 35.8 Å². The molecule has 0 atom stereocenters. The van der Waals surface area contributed by atoms with Crippen molar-refractivity contribution in [2.45, 2.75) is 20.3 Å². The van der Waals surface area contributed by atoms with Crippen LogP contribution in [0.15, 0.2) is 0 Å². The van der Waals surface area contributed by atoms with Crippen LogP contribution in [0.1, 0.15) is 20.3 Å². The third-order valence-electron chi connectivity index (χ3n) is 1.26. The van der Waals surface area contributed by atoms with E-state index in [-0.39, 0.29) is 24.6 Å². The molecule has 0 aromatic carbocycles. The van der Waals surface area contributed by atoms with Crippen LogP contribution < -0.4 is 5.73 Å². The van der Waals surface area contributed by atoms with Crippen LogP contribution in [0.25, 0.3) is 0 Å². The molecule has 0 heterocycles. The second-order valence-corrected chi connectivity index (χ2v) is 4.16. The van der Waals surface area contributed by atoms with Crippen molar-refractivity contribution < 1.29 is 36.9 Å². The molecule has 0 aliphatic rings. The minimum absolute atomic E-state index is 0. The average Bonchev–Trinajstić information content (AvgIpc) is 1.78. The first-order valence-corrected chi connectivity index (χ1v) is 4.97. The molecular formula is C6H16FNO7S2. The molecule has 1 amide bonds. The van der Waals surface area contributed by atoms with E-state index in [4.69, 9.17) is 28.4 Å². The number of nitrogens with two attached hydrogens (primary N) is 1. The van der Waals surface area contributed by atoms with Gasteiger partial charge in [-0.2, -0.15) is 21.9 Å². The number of carbonyl (C=O) groups is 2. The van der Waals surface area contributed by atoms with Crippen molar-refractivity contribution in [1.82, 2.24) is 0 Å². The van der Waals surface area contributed by atoms with Gasteiger partial charge in [-0.05, 0) is 0 Å². The Morgan fingerprint density at radius 1 is 1.24 bits per heavy atom. The summed E-state index contributed by atoms with van der Waals surface area (Å²) in [5, 5.41) is 8.29. The van der Waals surface area contributed by atoms with Gasteiger partial charge in [-0.1, -0.05) is 13.8 Å². The molecule has 0 rings (SSSR count). The fourth-order valence-corrected chi connectivity index (χ4v) is 0.465. The first kappa shape index (κ1) is 25.1. The van der Waals surface area contributed by atoms with E-state index in [0.717, 1.165) is 0 Å². The standard InChI is InChI=1S/C6H11NO3.FH.H2O4S.H2S/c1-6(2,5(7)10)3-4(8)9;;1-5(2,3)4;/h3H2,1-2H3,(H2,7,10)(H,8,9);1H;(H2,1,2,3,4);1H2. The summed E-state index contributed by atoms with van der Waals surface area (Å²) in [7, 11) is -4.67. The highest BCUT2D eigenvalue weighted by Gasteiger charge is 2.27. The number of halogens is 1. The molecule has 11 heteroatoms. The molecule has 0 aliphatic carbocycles. The van der Waals surface area contributed by atoms with Crippen molar-refractivity contribution in [1.29, 1.82) is 0 Å². The van der Waals surface area contributed by atoms with Gasteiger partial charge in [-0.15, -0.1) is 0 Å². The van der Waals surface area contributed by atoms with Crippen LogP contribution in [0.5, 0.6) is 0 Å². The van der Waals surface area contributed by atoms with E-state index in [0.29, 0.717) is 0 Å². The van der Waals surface area contributed by atoms with Gasteiger partial charge in [-0.3, -0.25) is 23.4 Å². The Hall–Kier alpha value is -0.910. The average molecular weight is 297 g/mol. The Labute approximate surface area is 105 Å².